The quantitative estimate of drug-likeness (QED) is 0.686. The predicted octanol–water partition coefficient (Wildman–Crippen LogP) is 1.50. The maximum atomic E-state index is 10.7. The summed E-state index contributed by atoms with van der Waals surface area (Å²) in [5.74, 6) is -1.51. The highest BCUT2D eigenvalue weighted by Gasteiger charge is 2.07. The number of aliphatic carboxylic acids is 1. The molecule has 19 heavy (non-hydrogen) atoms. The van der Waals surface area contributed by atoms with Crippen LogP contribution in [0.25, 0.3) is 17.3 Å². The van der Waals surface area contributed by atoms with Crippen molar-refractivity contribution in [2.24, 2.45) is 0 Å². The van der Waals surface area contributed by atoms with Gasteiger partial charge in [0.25, 0.3) is 0 Å². The summed E-state index contributed by atoms with van der Waals surface area (Å²) in [6.07, 6.45) is 2.69. The Bertz CT molecular complexity index is 681. The molecule has 0 atom stereocenters. The summed E-state index contributed by atoms with van der Waals surface area (Å²) in [5, 5.41) is 26.1. The molecule has 6 heteroatoms. The standard InChI is InChI=1S/C13H8BrN3O2/c14-11-3-1-8(2-4-11)12-10(7-16-17-12)5-9(6-15)13(18)19/h1-5,7H,(H,16,17)(H,18,19)/p-1/b9-5+. The lowest BCUT2D eigenvalue weighted by Gasteiger charge is -2.02. The number of hydrogen-bond acceptors (Lipinski definition) is 4. The second kappa shape index (κ2) is 5.50. The Morgan fingerprint density at radius 2 is 2.11 bits per heavy atom. The van der Waals surface area contributed by atoms with Gasteiger partial charge in [-0.25, -0.2) is 0 Å². The number of benzene rings is 1. The Kier molecular flexibility index (Phi) is 3.78. The summed E-state index contributed by atoms with van der Waals surface area (Å²) in [4.78, 5) is 10.7. The maximum absolute atomic E-state index is 10.7. The minimum absolute atomic E-state index is 0.445. The van der Waals surface area contributed by atoms with E-state index in [0.717, 1.165) is 10.0 Å². The zero-order valence-corrected chi connectivity index (χ0v) is 11.1. The van der Waals surface area contributed by atoms with Gasteiger partial charge in [0.2, 0.25) is 0 Å². The number of carbonyl (C=O) groups excluding carboxylic acids is 1. The van der Waals surface area contributed by atoms with E-state index in [4.69, 9.17) is 5.26 Å². The monoisotopic (exact) mass is 316 g/mol. The number of nitrogens with zero attached hydrogens (tertiary/aromatic N) is 2. The van der Waals surface area contributed by atoms with Crippen molar-refractivity contribution in [1.82, 2.24) is 10.2 Å². The number of H-pyrrole nitrogens is 1. The summed E-state index contributed by atoms with van der Waals surface area (Å²) in [5.41, 5.74) is 1.55. The number of halogens is 1. The number of hydrogen-bond donors (Lipinski definition) is 1. The maximum Gasteiger partial charge on any atom is 0.101 e. The van der Waals surface area contributed by atoms with Crippen LogP contribution < -0.4 is 5.11 Å². The van der Waals surface area contributed by atoms with Crippen LogP contribution in [0.15, 0.2) is 40.5 Å². The van der Waals surface area contributed by atoms with Crippen LogP contribution in [0.1, 0.15) is 5.56 Å². The van der Waals surface area contributed by atoms with E-state index in [0.29, 0.717) is 11.3 Å². The molecule has 0 amide bonds. The second-order valence-electron chi connectivity index (χ2n) is 3.66. The third-order valence-electron chi connectivity index (χ3n) is 2.44. The Labute approximate surface area is 117 Å². The van der Waals surface area contributed by atoms with E-state index < -0.39 is 11.5 Å². The largest absolute Gasteiger partial charge is 0.544 e. The molecule has 0 aliphatic carbocycles. The predicted molar refractivity (Wildman–Crippen MR) is 70.3 cm³/mol. The van der Waals surface area contributed by atoms with Gasteiger partial charge in [-0.05, 0) is 18.2 Å². The third kappa shape index (κ3) is 2.89. The van der Waals surface area contributed by atoms with E-state index >= 15 is 0 Å². The van der Waals surface area contributed by atoms with Gasteiger partial charge in [-0.3, -0.25) is 5.10 Å². The average molecular weight is 317 g/mol. The van der Waals surface area contributed by atoms with Crippen LogP contribution in [0.2, 0.25) is 0 Å². The number of rotatable bonds is 3. The van der Waals surface area contributed by atoms with Crippen molar-refractivity contribution in [2.75, 3.05) is 0 Å². The summed E-state index contributed by atoms with van der Waals surface area (Å²) >= 11 is 3.33. The second-order valence-corrected chi connectivity index (χ2v) is 4.58. The van der Waals surface area contributed by atoms with Crippen LogP contribution in [-0.4, -0.2) is 16.2 Å². The van der Waals surface area contributed by atoms with Gasteiger partial charge in [-0.1, -0.05) is 28.1 Å². The van der Waals surface area contributed by atoms with Gasteiger partial charge >= 0.3 is 0 Å². The first-order valence-electron chi connectivity index (χ1n) is 5.24. The van der Waals surface area contributed by atoms with Crippen LogP contribution in [0.4, 0.5) is 0 Å². The molecule has 0 unspecified atom stereocenters. The van der Waals surface area contributed by atoms with Crippen LogP contribution >= 0.6 is 15.9 Å². The molecule has 0 aliphatic rings. The highest BCUT2D eigenvalue weighted by molar-refractivity contribution is 9.10. The SMILES string of the molecule is N#C/C(=C\c1cn[nH]c1-c1ccc(Br)cc1)C(=O)[O-]. The van der Waals surface area contributed by atoms with Crippen LogP contribution in [0.3, 0.4) is 0 Å². The van der Waals surface area contributed by atoms with Gasteiger partial charge < -0.3 is 9.90 Å². The van der Waals surface area contributed by atoms with Gasteiger partial charge in [0.15, 0.2) is 0 Å². The third-order valence-corrected chi connectivity index (χ3v) is 2.97. The number of carbonyl (C=O) groups is 1. The zero-order chi connectivity index (χ0) is 13.8. The molecule has 94 valence electrons. The van der Waals surface area contributed by atoms with E-state index in [1.165, 1.54) is 12.3 Å². The fourth-order valence-corrected chi connectivity index (χ4v) is 1.81. The normalized spacial score (nSPS) is 11.1. The van der Waals surface area contributed by atoms with Gasteiger partial charge in [0.05, 0.1) is 23.4 Å². The number of carboxylic acid groups (broad SMARTS) is 1. The molecule has 0 aliphatic heterocycles. The molecule has 2 aromatic rings. The molecule has 0 fully saturated rings. The molecule has 1 heterocycles. The number of nitriles is 1. The molecule has 0 saturated heterocycles. The highest BCUT2D eigenvalue weighted by Crippen LogP contribution is 2.24. The molecule has 5 nitrogen and oxygen atoms in total. The van der Waals surface area contributed by atoms with Crippen molar-refractivity contribution in [3.05, 3.63) is 46.1 Å². The molecule has 1 N–H and O–H groups in total. The minimum atomic E-state index is -1.51. The van der Waals surface area contributed by atoms with Crippen molar-refractivity contribution < 1.29 is 9.90 Å². The van der Waals surface area contributed by atoms with Crippen LogP contribution in [0, 0.1) is 11.3 Å². The summed E-state index contributed by atoms with van der Waals surface area (Å²) in [7, 11) is 0. The lowest BCUT2D eigenvalue weighted by atomic mass is 10.1. The molecule has 0 bridgehead atoms. The number of aromatic amines is 1. The number of aromatic nitrogens is 2. The van der Waals surface area contributed by atoms with Crippen LogP contribution in [-0.2, 0) is 4.79 Å². The van der Waals surface area contributed by atoms with Gasteiger partial charge in [-0.2, -0.15) is 10.4 Å². The van der Waals surface area contributed by atoms with Gasteiger partial charge in [0.1, 0.15) is 6.07 Å². The molecule has 1 aromatic carbocycles. The van der Waals surface area contributed by atoms with E-state index in [2.05, 4.69) is 26.1 Å². The van der Waals surface area contributed by atoms with Crippen LogP contribution in [0.5, 0.6) is 0 Å². The first kappa shape index (κ1) is 13.1. The molecule has 0 spiro atoms. The first-order valence-corrected chi connectivity index (χ1v) is 6.03. The van der Waals surface area contributed by atoms with E-state index in [9.17, 15) is 9.90 Å². The highest BCUT2D eigenvalue weighted by atomic mass is 79.9. The lowest BCUT2D eigenvalue weighted by molar-refractivity contribution is -0.298. The number of nitrogens with one attached hydrogen (secondary N) is 1. The molecule has 2 rings (SSSR count). The Balaban J connectivity index is 2.46. The van der Waals surface area contributed by atoms with Gasteiger partial charge in [0, 0.05) is 15.6 Å². The van der Waals surface area contributed by atoms with E-state index in [1.54, 1.807) is 6.07 Å². The summed E-state index contributed by atoms with van der Waals surface area (Å²) in [6.45, 7) is 0. The topological polar surface area (TPSA) is 92.6 Å². The van der Waals surface area contributed by atoms with Gasteiger partial charge in [-0.15, -0.1) is 0 Å². The molecule has 0 radical (unpaired) electrons. The first-order chi connectivity index (χ1) is 9.11. The Hall–Kier alpha value is -2.39. The average Bonchev–Trinajstić information content (AvgIpc) is 2.84. The van der Waals surface area contributed by atoms with Crippen molar-refractivity contribution in [3.8, 4) is 17.3 Å². The fraction of sp³-hybridized carbons (Fsp3) is 0. The molecule has 1 aromatic heterocycles. The summed E-state index contributed by atoms with van der Waals surface area (Å²) in [6, 6.07) is 8.98. The van der Waals surface area contributed by atoms with E-state index in [-0.39, 0.29) is 0 Å². The Morgan fingerprint density at radius 1 is 1.42 bits per heavy atom. The fourth-order valence-electron chi connectivity index (χ4n) is 1.55. The summed E-state index contributed by atoms with van der Waals surface area (Å²) < 4.78 is 0.931. The van der Waals surface area contributed by atoms with Crippen molar-refractivity contribution in [1.29, 1.82) is 5.26 Å². The van der Waals surface area contributed by atoms with Crippen molar-refractivity contribution in [2.45, 2.75) is 0 Å². The molecular weight excluding hydrogens is 310 g/mol. The Morgan fingerprint density at radius 3 is 2.68 bits per heavy atom. The van der Waals surface area contributed by atoms with E-state index in [1.807, 2.05) is 24.3 Å². The van der Waals surface area contributed by atoms with Crippen molar-refractivity contribution >= 4 is 28.0 Å². The molecule has 0 saturated carbocycles. The lowest BCUT2D eigenvalue weighted by Crippen LogP contribution is -2.23. The smallest absolute Gasteiger partial charge is 0.101 e. The zero-order valence-electron chi connectivity index (χ0n) is 9.55. The van der Waals surface area contributed by atoms with Crippen molar-refractivity contribution in [3.63, 3.8) is 0 Å². The molecular formula is C13H7BrN3O2-. The minimum Gasteiger partial charge on any atom is -0.544 e. The number of carboxylic acids is 1.